The first-order valence-corrected chi connectivity index (χ1v) is 6.84. The molecule has 1 heterocycles. The highest BCUT2D eigenvalue weighted by atomic mass is 35.5. The minimum atomic E-state index is -0.609. The van der Waals surface area contributed by atoms with E-state index in [4.69, 9.17) is 23.2 Å². The minimum Gasteiger partial charge on any atom is -0.343 e. The minimum absolute atomic E-state index is 0.177. The Bertz CT molecular complexity index is 627. The number of benzene rings is 1. The van der Waals surface area contributed by atoms with Crippen LogP contribution in [0.4, 0.5) is 0 Å². The molecule has 2 rings (SSSR count). The highest BCUT2D eigenvalue weighted by Gasteiger charge is 2.25. The Kier molecular flexibility index (Phi) is 4.31. The maximum absolute atomic E-state index is 12.2. The van der Waals surface area contributed by atoms with E-state index in [1.807, 2.05) is 19.9 Å². The van der Waals surface area contributed by atoms with Crippen molar-refractivity contribution in [2.24, 2.45) is 0 Å². The van der Waals surface area contributed by atoms with Crippen molar-refractivity contribution in [3.8, 4) is 0 Å². The lowest BCUT2D eigenvalue weighted by atomic mass is 9.93. The largest absolute Gasteiger partial charge is 0.343 e. The molecule has 0 bridgehead atoms. The van der Waals surface area contributed by atoms with Crippen molar-refractivity contribution < 1.29 is 4.79 Å². The van der Waals surface area contributed by atoms with E-state index in [-0.39, 0.29) is 5.91 Å². The second-order valence-electron chi connectivity index (χ2n) is 4.94. The predicted octanol–water partition coefficient (Wildman–Crippen LogP) is 4.05. The highest BCUT2D eigenvalue weighted by molar-refractivity contribution is 6.35. The third-order valence-corrected chi connectivity index (χ3v) is 3.52. The Morgan fingerprint density at radius 3 is 2.40 bits per heavy atom. The van der Waals surface area contributed by atoms with Crippen LogP contribution in [-0.2, 0) is 5.54 Å². The molecule has 3 nitrogen and oxygen atoms in total. The quantitative estimate of drug-likeness (QED) is 0.929. The summed E-state index contributed by atoms with van der Waals surface area (Å²) in [4.78, 5) is 16.1. The summed E-state index contributed by atoms with van der Waals surface area (Å²) in [5, 5.41) is 4.05. The average Bonchev–Trinajstić information content (AvgIpc) is 2.38. The van der Waals surface area contributed by atoms with E-state index in [1.54, 1.807) is 36.7 Å². The van der Waals surface area contributed by atoms with Crippen LogP contribution in [0.25, 0.3) is 0 Å². The Morgan fingerprint density at radius 2 is 1.80 bits per heavy atom. The van der Waals surface area contributed by atoms with Crippen LogP contribution in [0.2, 0.25) is 10.0 Å². The fourth-order valence-electron chi connectivity index (χ4n) is 1.92. The molecular weight excluding hydrogens is 295 g/mol. The Hall–Kier alpha value is -1.58. The number of nitrogens with zero attached hydrogens (tertiary/aromatic N) is 1. The molecule has 0 fully saturated rings. The van der Waals surface area contributed by atoms with Gasteiger partial charge >= 0.3 is 0 Å². The second kappa shape index (κ2) is 5.81. The Labute approximate surface area is 127 Å². The summed E-state index contributed by atoms with van der Waals surface area (Å²) in [6.07, 6.45) is 3.16. The summed E-state index contributed by atoms with van der Waals surface area (Å²) >= 11 is 12.1. The predicted molar refractivity (Wildman–Crippen MR) is 81.2 cm³/mol. The van der Waals surface area contributed by atoms with Gasteiger partial charge in [-0.2, -0.15) is 0 Å². The molecule has 1 aromatic carbocycles. The van der Waals surface area contributed by atoms with Crippen LogP contribution in [0.5, 0.6) is 0 Å². The van der Waals surface area contributed by atoms with Crippen molar-refractivity contribution in [3.05, 3.63) is 63.9 Å². The zero-order valence-corrected chi connectivity index (χ0v) is 12.7. The molecule has 0 spiro atoms. The molecule has 0 aliphatic rings. The van der Waals surface area contributed by atoms with Crippen LogP contribution >= 0.6 is 23.2 Å². The van der Waals surface area contributed by atoms with Crippen LogP contribution in [0.15, 0.2) is 42.7 Å². The fourth-order valence-corrected chi connectivity index (χ4v) is 2.57. The standard InChI is InChI=1S/C15H14Cl2N2O/c1-15(2,12-4-3-11(16)9-13(12)17)19-14(20)10-5-7-18-8-6-10/h3-9H,1-2H3,(H,19,20). The van der Waals surface area contributed by atoms with Gasteiger partial charge in [-0.05, 0) is 43.7 Å². The molecule has 0 saturated heterocycles. The average molecular weight is 309 g/mol. The molecule has 0 saturated carbocycles. The smallest absolute Gasteiger partial charge is 0.252 e. The summed E-state index contributed by atoms with van der Waals surface area (Å²) in [6.45, 7) is 3.78. The molecule has 0 radical (unpaired) electrons. The maximum Gasteiger partial charge on any atom is 0.252 e. The molecule has 2 aromatic rings. The number of rotatable bonds is 3. The molecule has 0 aliphatic carbocycles. The summed E-state index contributed by atoms with van der Waals surface area (Å²) in [7, 11) is 0. The summed E-state index contributed by atoms with van der Waals surface area (Å²) in [6, 6.07) is 8.56. The van der Waals surface area contributed by atoms with Gasteiger partial charge in [0.25, 0.3) is 5.91 Å². The lowest BCUT2D eigenvalue weighted by Gasteiger charge is -2.28. The van der Waals surface area contributed by atoms with E-state index >= 15 is 0 Å². The molecule has 0 unspecified atom stereocenters. The zero-order valence-electron chi connectivity index (χ0n) is 11.2. The van der Waals surface area contributed by atoms with E-state index < -0.39 is 5.54 Å². The fraction of sp³-hybridized carbons (Fsp3) is 0.200. The van der Waals surface area contributed by atoms with Crippen LogP contribution < -0.4 is 5.32 Å². The van der Waals surface area contributed by atoms with Crippen molar-refractivity contribution in [2.45, 2.75) is 19.4 Å². The van der Waals surface area contributed by atoms with Gasteiger partial charge in [0.1, 0.15) is 0 Å². The highest BCUT2D eigenvalue weighted by Crippen LogP contribution is 2.30. The van der Waals surface area contributed by atoms with Crippen LogP contribution in [0.1, 0.15) is 29.8 Å². The van der Waals surface area contributed by atoms with Gasteiger partial charge < -0.3 is 5.32 Å². The van der Waals surface area contributed by atoms with Crippen LogP contribution in [0.3, 0.4) is 0 Å². The van der Waals surface area contributed by atoms with Gasteiger partial charge in [-0.25, -0.2) is 0 Å². The molecular formula is C15H14Cl2N2O. The third kappa shape index (κ3) is 3.30. The van der Waals surface area contributed by atoms with Gasteiger partial charge in [-0.3, -0.25) is 9.78 Å². The van der Waals surface area contributed by atoms with Crippen molar-refractivity contribution in [3.63, 3.8) is 0 Å². The van der Waals surface area contributed by atoms with E-state index in [1.165, 1.54) is 0 Å². The first-order valence-electron chi connectivity index (χ1n) is 6.08. The van der Waals surface area contributed by atoms with Gasteiger partial charge in [-0.15, -0.1) is 0 Å². The molecule has 0 aliphatic heterocycles. The molecule has 1 aromatic heterocycles. The van der Waals surface area contributed by atoms with E-state index in [0.29, 0.717) is 15.6 Å². The number of hydrogen-bond donors (Lipinski definition) is 1. The number of carbonyl (C=O) groups excluding carboxylic acids is 1. The zero-order chi connectivity index (χ0) is 14.8. The van der Waals surface area contributed by atoms with Gasteiger partial charge in [0.2, 0.25) is 0 Å². The topological polar surface area (TPSA) is 42.0 Å². The monoisotopic (exact) mass is 308 g/mol. The van der Waals surface area contributed by atoms with Crippen molar-refractivity contribution in [2.75, 3.05) is 0 Å². The third-order valence-electron chi connectivity index (χ3n) is 2.97. The Morgan fingerprint density at radius 1 is 1.15 bits per heavy atom. The SMILES string of the molecule is CC(C)(NC(=O)c1ccncc1)c1ccc(Cl)cc1Cl. The number of amides is 1. The second-order valence-corrected chi connectivity index (χ2v) is 5.78. The summed E-state index contributed by atoms with van der Waals surface area (Å²) < 4.78 is 0. The lowest BCUT2D eigenvalue weighted by molar-refractivity contribution is 0.0912. The van der Waals surface area contributed by atoms with Gasteiger partial charge in [-0.1, -0.05) is 29.3 Å². The van der Waals surface area contributed by atoms with Crippen LogP contribution in [-0.4, -0.2) is 10.9 Å². The maximum atomic E-state index is 12.2. The first-order chi connectivity index (χ1) is 9.40. The molecule has 20 heavy (non-hydrogen) atoms. The molecule has 104 valence electrons. The molecule has 1 N–H and O–H groups in total. The lowest BCUT2D eigenvalue weighted by Crippen LogP contribution is -2.41. The molecule has 0 atom stereocenters. The first kappa shape index (κ1) is 14.8. The van der Waals surface area contributed by atoms with E-state index in [2.05, 4.69) is 10.3 Å². The Balaban J connectivity index is 2.25. The normalized spacial score (nSPS) is 11.2. The summed E-state index contributed by atoms with van der Waals surface area (Å²) in [5.74, 6) is -0.177. The van der Waals surface area contributed by atoms with E-state index in [9.17, 15) is 4.79 Å². The number of pyridine rings is 1. The number of carbonyl (C=O) groups is 1. The number of nitrogens with one attached hydrogen (secondary N) is 1. The molecule has 1 amide bonds. The van der Waals surface area contributed by atoms with Crippen molar-refractivity contribution in [1.29, 1.82) is 0 Å². The van der Waals surface area contributed by atoms with Crippen LogP contribution in [0, 0.1) is 0 Å². The van der Waals surface area contributed by atoms with E-state index in [0.717, 1.165) is 5.56 Å². The number of aromatic nitrogens is 1. The van der Waals surface area contributed by atoms with Gasteiger partial charge in [0.05, 0.1) is 5.54 Å². The number of halogens is 2. The van der Waals surface area contributed by atoms with Crippen molar-refractivity contribution >= 4 is 29.1 Å². The van der Waals surface area contributed by atoms with Gasteiger partial charge in [0, 0.05) is 28.0 Å². The van der Waals surface area contributed by atoms with Gasteiger partial charge in [0.15, 0.2) is 0 Å². The van der Waals surface area contributed by atoms with Crippen molar-refractivity contribution in [1.82, 2.24) is 10.3 Å². The number of hydrogen-bond acceptors (Lipinski definition) is 2. The molecule has 5 heteroatoms. The summed E-state index contributed by atoms with van der Waals surface area (Å²) in [5.41, 5.74) is 0.756.